The molecule has 2 saturated carbocycles. The van der Waals surface area contributed by atoms with Gasteiger partial charge in [-0.1, -0.05) is 25.5 Å². The standard InChI is InChI=1S/C26H34N2O3/c1-16(22-13-27-23-8-2-5-19(25(22)23)17-10-11-17)18(15-29)14-28-12-4-7-20-21(26(30)31)6-3-9-24(20)28/h2,5,8,13,15-18,20-21,24,27H,3-4,6-7,9-12,14H2,1H3,(H,30,31)/t16-,18?,20?,21?,24?/m1/s1. The molecule has 2 heterocycles. The fraction of sp³-hybridized carbons (Fsp3) is 0.615. The minimum absolute atomic E-state index is 0.0878. The molecule has 1 aromatic carbocycles. The number of hydrogen-bond donors (Lipinski definition) is 2. The Balaban J connectivity index is 1.38. The number of piperidine rings is 1. The second-order valence-electron chi connectivity index (χ2n) is 10.1. The summed E-state index contributed by atoms with van der Waals surface area (Å²) in [5, 5.41) is 11.0. The van der Waals surface area contributed by atoms with Gasteiger partial charge in [0.25, 0.3) is 0 Å². The molecular formula is C26H34N2O3. The van der Waals surface area contributed by atoms with E-state index < -0.39 is 5.97 Å². The third-order valence-electron chi connectivity index (χ3n) is 8.33. The van der Waals surface area contributed by atoms with Gasteiger partial charge in [0.05, 0.1) is 5.92 Å². The highest BCUT2D eigenvalue weighted by atomic mass is 16.4. The van der Waals surface area contributed by atoms with E-state index in [4.69, 9.17) is 0 Å². The van der Waals surface area contributed by atoms with Crippen molar-refractivity contribution in [2.24, 2.45) is 17.8 Å². The van der Waals surface area contributed by atoms with Crippen LogP contribution in [-0.2, 0) is 9.59 Å². The molecule has 0 spiro atoms. The van der Waals surface area contributed by atoms with Gasteiger partial charge in [0.2, 0.25) is 0 Å². The molecule has 0 bridgehead atoms. The number of rotatable bonds is 7. The van der Waals surface area contributed by atoms with Gasteiger partial charge in [-0.05, 0) is 80.0 Å². The van der Waals surface area contributed by atoms with Crippen LogP contribution in [0.15, 0.2) is 24.4 Å². The molecule has 31 heavy (non-hydrogen) atoms. The number of aldehydes is 1. The first-order valence-corrected chi connectivity index (χ1v) is 12.1. The van der Waals surface area contributed by atoms with Crippen LogP contribution in [0, 0.1) is 17.8 Å². The van der Waals surface area contributed by atoms with Crippen molar-refractivity contribution in [3.63, 3.8) is 0 Å². The van der Waals surface area contributed by atoms with Crippen LogP contribution in [0.5, 0.6) is 0 Å². The molecule has 5 heteroatoms. The molecule has 5 rings (SSSR count). The fourth-order valence-corrected chi connectivity index (χ4v) is 6.47. The SMILES string of the molecule is C[C@@H](c1c[nH]c2cccc(C3CC3)c12)C(C=O)CN1CCCC2C(C(=O)O)CCCC21. The van der Waals surface area contributed by atoms with E-state index in [9.17, 15) is 14.7 Å². The van der Waals surface area contributed by atoms with Gasteiger partial charge < -0.3 is 14.9 Å². The van der Waals surface area contributed by atoms with Gasteiger partial charge in [-0.2, -0.15) is 0 Å². The number of carbonyl (C=O) groups is 2. The van der Waals surface area contributed by atoms with Crippen molar-refractivity contribution in [1.82, 2.24) is 9.88 Å². The van der Waals surface area contributed by atoms with Gasteiger partial charge >= 0.3 is 5.97 Å². The predicted octanol–water partition coefficient (Wildman–Crippen LogP) is 4.93. The van der Waals surface area contributed by atoms with Gasteiger partial charge in [-0.25, -0.2) is 0 Å². The largest absolute Gasteiger partial charge is 0.481 e. The number of nitrogens with one attached hydrogen (secondary N) is 1. The molecule has 2 aliphatic carbocycles. The molecule has 2 aromatic rings. The molecule has 3 fully saturated rings. The van der Waals surface area contributed by atoms with Crippen LogP contribution >= 0.6 is 0 Å². The molecule has 4 unspecified atom stereocenters. The number of likely N-dealkylation sites (tertiary alicyclic amines) is 1. The Hall–Kier alpha value is -2.14. The number of aromatic nitrogens is 1. The van der Waals surface area contributed by atoms with Crippen molar-refractivity contribution < 1.29 is 14.7 Å². The van der Waals surface area contributed by atoms with E-state index >= 15 is 0 Å². The van der Waals surface area contributed by atoms with E-state index in [0.29, 0.717) is 12.0 Å². The molecule has 1 aromatic heterocycles. The van der Waals surface area contributed by atoms with Gasteiger partial charge in [-0.15, -0.1) is 0 Å². The van der Waals surface area contributed by atoms with Crippen molar-refractivity contribution >= 4 is 23.2 Å². The lowest BCUT2D eigenvalue weighted by molar-refractivity contribution is -0.148. The molecular weight excluding hydrogens is 388 g/mol. The number of nitrogens with zero attached hydrogens (tertiary/aromatic N) is 1. The normalized spacial score (nSPS) is 28.7. The Bertz CT molecular complexity index is 963. The van der Waals surface area contributed by atoms with E-state index in [1.165, 1.54) is 34.9 Å². The minimum atomic E-state index is -0.636. The molecule has 1 aliphatic heterocycles. The number of carboxylic acids is 1. The second-order valence-corrected chi connectivity index (χ2v) is 10.1. The Kier molecular flexibility index (Phi) is 5.63. The maximum atomic E-state index is 12.3. The van der Waals surface area contributed by atoms with Crippen molar-refractivity contribution in [3.05, 3.63) is 35.5 Å². The van der Waals surface area contributed by atoms with E-state index in [0.717, 1.165) is 51.5 Å². The zero-order valence-electron chi connectivity index (χ0n) is 18.4. The first-order chi connectivity index (χ1) is 15.1. The van der Waals surface area contributed by atoms with E-state index in [2.05, 4.69) is 41.2 Å². The number of benzene rings is 1. The molecule has 1 saturated heterocycles. The topological polar surface area (TPSA) is 73.4 Å². The summed E-state index contributed by atoms with van der Waals surface area (Å²) < 4.78 is 0. The number of carbonyl (C=O) groups excluding carboxylic acids is 1. The van der Waals surface area contributed by atoms with Crippen LogP contribution in [0.2, 0.25) is 0 Å². The monoisotopic (exact) mass is 422 g/mol. The molecule has 2 N–H and O–H groups in total. The lowest BCUT2D eigenvalue weighted by Gasteiger charge is -2.47. The summed E-state index contributed by atoms with van der Waals surface area (Å²) in [4.78, 5) is 30.0. The second kappa shape index (κ2) is 8.42. The number of aliphatic carboxylic acids is 1. The molecule has 0 radical (unpaired) electrons. The molecule has 0 amide bonds. The Morgan fingerprint density at radius 1 is 1.23 bits per heavy atom. The summed E-state index contributed by atoms with van der Waals surface area (Å²) in [6, 6.07) is 6.83. The number of carboxylic acid groups (broad SMARTS) is 1. The number of H-pyrrole nitrogens is 1. The van der Waals surface area contributed by atoms with Crippen LogP contribution in [0.1, 0.15) is 74.8 Å². The van der Waals surface area contributed by atoms with Crippen LogP contribution in [-0.4, -0.2) is 46.4 Å². The van der Waals surface area contributed by atoms with Gasteiger partial charge in [-0.3, -0.25) is 9.69 Å². The maximum absolute atomic E-state index is 12.3. The van der Waals surface area contributed by atoms with E-state index in [1.54, 1.807) is 0 Å². The highest BCUT2D eigenvalue weighted by Crippen LogP contribution is 2.46. The van der Waals surface area contributed by atoms with Crippen LogP contribution in [0.4, 0.5) is 0 Å². The Morgan fingerprint density at radius 2 is 2.06 bits per heavy atom. The van der Waals surface area contributed by atoms with Crippen molar-refractivity contribution in [3.8, 4) is 0 Å². The third-order valence-corrected chi connectivity index (χ3v) is 8.33. The average Bonchev–Trinajstić information content (AvgIpc) is 3.54. The van der Waals surface area contributed by atoms with E-state index in [1.807, 2.05) is 0 Å². The summed E-state index contributed by atoms with van der Waals surface area (Å²) in [7, 11) is 0. The molecule has 5 nitrogen and oxygen atoms in total. The zero-order chi connectivity index (χ0) is 21.5. The lowest BCUT2D eigenvalue weighted by Crippen LogP contribution is -2.52. The first-order valence-electron chi connectivity index (χ1n) is 12.1. The summed E-state index contributed by atoms with van der Waals surface area (Å²) >= 11 is 0. The van der Waals surface area contributed by atoms with Crippen molar-refractivity contribution in [1.29, 1.82) is 0 Å². The predicted molar refractivity (Wildman–Crippen MR) is 121 cm³/mol. The smallest absolute Gasteiger partial charge is 0.306 e. The summed E-state index contributed by atoms with van der Waals surface area (Å²) in [5.74, 6) is 0.0857. The number of aromatic amines is 1. The average molecular weight is 423 g/mol. The van der Waals surface area contributed by atoms with E-state index in [-0.39, 0.29) is 23.7 Å². The highest BCUT2D eigenvalue weighted by molar-refractivity contribution is 5.88. The first kappa shape index (κ1) is 20.7. The molecule has 166 valence electrons. The number of fused-ring (bicyclic) bond motifs is 2. The Labute approximate surface area is 184 Å². The minimum Gasteiger partial charge on any atom is -0.481 e. The van der Waals surface area contributed by atoms with Gasteiger partial charge in [0.15, 0.2) is 0 Å². The fourth-order valence-electron chi connectivity index (χ4n) is 6.47. The van der Waals surface area contributed by atoms with Gasteiger partial charge in [0.1, 0.15) is 6.29 Å². The van der Waals surface area contributed by atoms with Crippen molar-refractivity contribution in [2.45, 2.75) is 69.7 Å². The van der Waals surface area contributed by atoms with Crippen LogP contribution in [0.25, 0.3) is 10.9 Å². The third kappa shape index (κ3) is 3.82. The maximum Gasteiger partial charge on any atom is 0.306 e. The Morgan fingerprint density at radius 3 is 2.81 bits per heavy atom. The summed E-state index contributed by atoms with van der Waals surface area (Å²) in [6.07, 6.45) is 10.7. The highest BCUT2D eigenvalue weighted by Gasteiger charge is 2.42. The van der Waals surface area contributed by atoms with Crippen LogP contribution in [0.3, 0.4) is 0 Å². The molecule has 5 atom stereocenters. The van der Waals surface area contributed by atoms with Crippen LogP contribution < -0.4 is 0 Å². The summed E-state index contributed by atoms with van der Waals surface area (Å²) in [5.41, 5.74) is 3.86. The van der Waals surface area contributed by atoms with Crippen molar-refractivity contribution in [2.75, 3.05) is 13.1 Å². The zero-order valence-corrected chi connectivity index (χ0v) is 18.4. The summed E-state index contributed by atoms with van der Waals surface area (Å²) in [6.45, 7) is 3.90. The quantitative estimate of drug-likeness (QED) is 0.621. The molecule has 3 aliphatic rings. The lowest BCUT2D eigenvalue weighted by atomic mass is 9.71. The number of hydrogen-bond acceptors (Lipinski definition) is 3. The van der Waals surface area contributed by atoms with Gasteiger partial charge in [0, 0.05) is 35.6 Å².